The number of nitrogens with one attached hydrogen (secondary N) is 1. The lowest BCUT2D eigenvalue weighted by Gasteiger charge is -2.13. The van der Waals surface area contributed by atoms with Crippen molar-refractivity contribution in [2.45, 2.75) is 13.8 Å². The van der Waals surface area contributed by atoms with E-state index in [4.69, 9.17) is 21.1 Å². The van der Waals surface area contributed by atoms with E-state index < -0.39 is 0 Å². The van der Waals surface area contributed by atoms with Gasteiger partial charge in [0.15, 0.2) is 11.5 Å². The van der Waals surface area contributed by atoms with Gasteiger partial charge in [0.05, 0.1) is 30.5 Å². The van der Waals surface area contributed by atoms with E-state index in [-0.39, 0.29) is 5.91 Å². The molecule has 0 aliphatic carbocycles. The molecule has 1 amide bonds. The van der Waals surface area contributed by atoms with Crippen molar-refractivity contribution >= 4 is 44.7 Å². The molecule has 0 atom stereocenters. The van der Waals surface area contributed by atoms with Crippen molar-refractivity contribution in [2.24, 2.45) is 0 Å². The molecule has 0 aliphatic rings. The Kier molecular flexibility index (Phi) is 5.40. The van der Waals surface area contributed by atoms with Crippen LogP contribution in [0.1, 0.15) is 20.9 Å². The van der Waals surface area contributed by atoms with Gasteiger partial charge in [-0.2, -0.15) is 5.10 Å². The van der Waals surface area contributed by atoms with E-state index in [0.29, 0.717) is 27.1 Å². The van der Waals surface area contributed by atoms with Crippen LogP contribution in [0.2, 0.25) is 5.02 Å². The molecule has 2 heterocycles. The monoisotopic (exact) mass is 441 g/mol. The highest BCUT2D eigenvalue weighted by Gasteiger charge is 2.19. The van der Waals surface area contributed by atoms with Crippen molar-refractivity contribution in [3.05, 3.63) is 63.6 Å². The molecule has 0 bridgehead atoms. The second kappa shape index (κ2) is 8.01. The summed E-state index contributed by atoms with van der Waals surface area (Å²) in [6.07, 6.45) is 0. The lowest BCUT2D eigenvalue weighted by molar-refractivity contribution is 0.103. The van der Waals surface area contributed by atoms with Crippen LogP contribution >= 0.6 is 22.9 Å². The zero-order valence-electron chi connectivity index (χ0n) is 16.9. The minimum absolute atomic E-state index is 0.191. The van der Waals surface area contributed by atoms with E-state index >= 15 is 0 Å². The third kappa shape index (κ3) is 3.62. The van der Waals surface area contributed by atoms with E-state index in [1.165, 1.54) is 11.3 Å². The largest absolute Gasteiger partial charge is 0.493 e. The highest BCUT2D eigenvalue weighted by atomic mass is 35.5. The standard InChI is InChI=1S/C22H20ClN3O3S/c1-12-8-18(28-3)19(29-4)11-17(12)24-21(27)20-10-16-13(2)25-26(22(16)30-20)15-7-5-6-14(23)9-15/h5-11H,1-4H3,(H,24,27). The number of aryl methyl sites for hydroxylation is 2. The van der Waals surface area contributed by atoms with Crippen LogP contribution in [-0.4, -0.2) is 29.9 Å². The fourth-order valence-corrected chi connectivity index (χ4v) is 4.50. The highest BCUT2D eigenvalue weighted by molar-refractivity contribution is 7.20. The van der Waals surface area contributed by atoms with Crippen molar-refractivity contribution in [3.8, 4) is 17.2 Å². The van der Waals surface area contributed by atoms with Gasteiger partial charge in [-0.05, 0) is 49.7 Å². The number of anilines is 1. The van der Waals surface area contributed by atoms with E-state index in [2.05, 4.69) is 10.4 Å². The summed E-state index contributed by atoms with van der Waals surface area (Å²) in [6, 6.07) is 12.9. The number of halogens is 1. The summed E-state index contributed by atoms with van der Waals surface area (Å²) in [6.45, 7) is 3.83. The molecule has 0 spiro atoms. The van der Waals surface area contributed by atoms with Gasteiger partial charge in [0.25, 0.3) is 5.91 Å². The zero-order chi connectivity index (χ0) is 21.4. The van der Waals surface area contributed by atoms with Gasteiger partial charge < -0.3 is 14.8 Å². The van der Waals surface area contributed by atoms with Crippen molar-refractivity contribution < 1.29 is 14.3 Å². The Hall–Kier alpha value is -3.03. The number of benzene rings is 2. The Morgan fingerprint density at radius 3 is 2.53 bits per heavy atom. The molecular formula is C22H20ClN3O3S. The quantitative estimate of drug-likeness (QED) is 0.436. The van der Waals surface area contributed by atoms with Gasteiger partial charge >= 0.3 is 0 Å². The van der Waals surface area contributed by atoms with Crippen molar-refractivity contribution in [2.75, 3.05) is 19.5 Å². The van der Waals surface area contributed by atoms with Gasteiger partial charge in [0.1, 0.15) is 4.83 Å². The smallest absolute Gasteiger partial charge is 0.265 e. The molecule has 0 unspecified atom stereocenters. The number of fused-ring (bicyclic) bond motifs is 1. The first-order chi connectivity index (χ1) is 14.4. The Bertz CT molecular complexity index is 1260. The summed E-state index contributed by atoms with van der Waals surface area (Å²) in [7, 11) is 3.15. The molecule has 0 saturated heterocycles. The lowest BCUT2D eigenvalue weighted by atomic mass is 10.1. The summed E-state index contributed by atoms with van der Waals surface area (Å²) >= 11 is 7.52. The minimum atomic E-state index is -0.191. The van der Waals surface area contributed by atoms with E-state index in [1.807, 2.05) is 54.9 Å². The maximum atomic E-state index is 13.0. The highest BCUT2D eigenvalue weighted by Crippen LogP contribution is 2.35. The maximum Gasteiger partial charge on any atom is 0.265 e. The Morgan fingerprint density at radius 1 is 1.10 bits per heavy atom. The van der Waals surface area contributed by atoms with Crippen LogP contribution < -0.4 is 14.8 Å². The average molecular weight is 442 g/mol. The van der Waals surface area contributed by atoms with Crippen LogP contribution in [0.3, 0.4) is 0 Å². The molecule has 4 rings (SSSR count). The first-order valence-corrected chi connectivity index (χ1v) is 10.4. The summed E-state index contributed by atoms with van der Waals surface area (Å²) in [4.78, 5) is 14.5. The van der Waals surface area contributed by atoms with E-state index in [1.54, 1.807) is 20.3 Å². The molecule has 30 heavy (non-hydrogen) atoms. The Labute approximate surface area is 183 Å². The maximum absolute atomic E-state index is 13.0. The van der Waals surface area contributed by atoms with Gasteiger partial charge in [0.2, 0.25) is 0 Å². The number of thiophene rings is 1. The van der Waals surface area contributed by atoms with Crippen LogP contribution in [0.15, 0.2) is 42.5 Å². The fourth-order valence-electron chi connectivity index (χ4n) is 3.24. The molecule has 2 aromatic heterocycles. The average Bonchev–Trinajstić information content (AvgIpc) is 3.30. The molecule has 2 aromatic carbocycles. The number of aromatic nitrogens is 2. The van der Waals surface area contributed by atoms with Gasteiger partial charge in [-0.25, -0.2) is 4.68 Å². The Morgan fingerprint density at radius 2 is 1.83 bits per heavy atom. The zero-order valence-corrected chi connectivity index (χ0v) is 18.5. The molecule has 0 saturated carbocycles. The molecule has 1 N–H and O–H groups in total. The van der Waals surface area contributed by atoms with Crippen molar-refractivity contribution in [1.29, 1.82) is 0 Å². The second-order valence-corrected chi connectivity index (χ2v) is 8.25. The number of carbonyl (C=O) groups excluding carboxylic acids is 1. The first kappa shape index (κ1) is 20.3. The van der Waals surface area contributed by atoms with Crippen LogP contribution in [0.25, 0.3) is 15.9 Å². The van der Waals surface area contributed by atoms with E-state index in [9.17, 15) is 4.79 Å². The SMILES string of the molecule is COc1cc(C)c(NC(=O)c2cc3c(C)nn(-c4cccc(Cl)c4)c3s2)cc1OC. The number of methoxy groups -OCH3 is 2. The summed E-state index contributed by atoms with van der Waals surface area (Å²) < 4.78 is 12.5. The summed E-state index contributed by atoms with van der Waals surface area (Å²) in [5.74, 6) is 0.984. The van der Waals surface area contributed by atoms with Crippen LogP contribution in [-0.2, 0) is 0 Å². The minimum Gasteiger partial charge on any atom is -0.493 e. The number of carbonyl (C=O) groups is 1. The predicted molar refractivity (Wildman–Crippen MR) is 121 cm³/mol. The molecule has 0 radical (unpaired) electrons. The number of hydrogen-bond acceptors (Lipinski definition) is 5. The number of rotatable bonds is 5. The van der Waals surface area contributed by atoms with Crippen LogP contribution in [0.4, 0.5) is 5.69 Å². The summed E-state index contributed by atoms with van der Waals surface area (Å²) in [5.41, 5.74) is 3.25. The third-order valence-electron chi connectivity index (χ3n) is 4.80. The van der Waals surface area contributed by atoms with Gasteiger partial charge in [-0.15, -0.1) is 11.3 Å². The normalized spacial score (nSPS) is 11.0. The van der Waals surface area contributed by atoms with Gasteiger partial charge in [0, 0.05) is 22.2 Å². The first-order valence-electron chi connectivity index (χ1n) is 9.20. The Balaban J connectivity index is 1.69. The second-order valence-electron chi connectivity index (χ2n) is 6.78. The summed E-state index contributed by atoms with van der Waals surface area (Å²) in [5, 5.41) is 9.15. The molecule has 154 valence electrons. The number of hydrogen-bond donors (Lipinski definition) is 1. The molecule has 6 nitrogen and oxygen atoms in total. The number of nitrogens with zero attached hydrogens (tertiary/aromatic N) is 2. The van der Waals surface area contributed by atoms with Crippen LogP contribution in [0, 0.1) is 13.8 Å². The van der Waals surface area contributed by atoms with Gasteiger partial charge in [-0.1, -0.05) is 17.7 Å². The number of amides is 1. The van der Waals surface area contributed by atoms with Crippen molar-refractivity contribution in [3.63, 3.8) is 0 Å². The van der Waals surface area contributed by atoms with Crippen LogP contribution in [0.5, 0.6) is 11.5 Å². The molecule has 0 aliphatic heterocycles. The number of ether oxygens (including phenoxy) is 2. The molecule has 4 aromatic rings. The molecular weight excluding hydrogens is 422 g/mol. The van der Waals surface area contributed by atoms with Crippen molar-refractivity contribution in [1.82, 2.24) is 9.78 Å². The lowest BCUT2D eigenvalue weighted by Crippen LogP contribution is -2.11. The van der Waals surface area contributed by atoms with E-state index in [0.717, 1.165) is 27.2 Å². The molecule has 8 heteroatoms. The van der Waals surface area contributed by atoms with Gasteiger partial charge in [-0.3, -0.25) is 4.79 Å². The third-order valence-corrected chi connectivity index (χ3v) is 6.14. The fraction of sp³-hybridized carbons (Fsp3) is 0.182. The molecule has 0 fully saturated rings. The predicted octanol–water partition coefficient (Wildman–Crippen LogP) is 5.63. The topological polar surface area (TPSA) is 65.4 Å².